The summed E-state index contributed by atoms with van der Waals surface area (Å²) in [4.78, 5) is -0.583. The average molecular weight is 214 g/mol. The van der Waals surface area contributed by atoms with Crippen molar-refractivity contribution in [2.75, 3.05) is 0 Å². The van der Waals surface area contributed by atoms with E-state index in [9.17, 15) is 13.0 Å². The van der Waals surface area contributed by atoms with Gasteiger partial charge < -0.3 is 15.1 Å². The van der Waals surface area contributed by atoms with Crippen LogP contribution in [0.1, 0.15) is 0 Å². The molecule has 1 aromatic rings. The predicted molar refractivity (Wildman–Crippen MR) is 39.7 cm³/mol. The Hall–Kier alpha value is -0.110. The van der Waals surface area contributed by atoms with E-state index >= 15 is 0 Å². The third-order valence-corrected chi connectivity index (χ3v) is 2.02. The fourth-order valence-electron chi connectivity index (χ4n) is 0.669. The molecule has 0 aliphatic heterocycles. The van der Waals surface area contributed by atoms with Gasteiger partial charge in [0.05, 0.1) is 4.90 Å². The Kier molecular flexibility index (Phi) is 6.60. The monoisotopic (exact) mass is 214 g/mol. The number of para-hydroxylation sites is 1. The van der Waals surface area contributed by atoms with E-state index < -0.39 is 20.8 Å². The van der Waals surface area contributed by atoms with Gasteiger partial charge >= 0.3 is 29.6 Å². The molecule has 0 atom stereocenters. The van der Waals surface area contributed by atoms with Crippen LogP contribution in [0.25, 0.3) is 0 Å². The minimum absolute atomic E-state index is 0. The first kappa shape index (κ1) is 15.4. The topological polar surface area (TPSA) is 109 Å². The summed E-state index contributed by atoms with van der Waals surface area (Å²) in [6.07, 6.45) is 0. The maximum absolute atomic E-state index is 10.3. The number of benzene rings is 1. The van der Waals surface area contributed by atoms with Crippen LogP contribution in [0.2, 0.25) is 0 Å². The van der Waals surface area contributed by atoms with Gasteiger partial charge in [-0.05, 0) is 12.1 Å². The third kappa shape index (κ3) is 4.08. The Balaban J connectivity index is 0. The van der Waals surface area contributed by atoms with Crippen LogP contribution in [0, 0.1) is 0 Å². The molecule has 1 aromatic carbocycles. The zero-order valence-electron chi connectivity index (χ0n) is 6.89. The molecule has 68 valence electrons. The van der Waals surface area contributed by atoms with Crippen molar-refractivity contribution in [3.63, 3.8) is 0 Å². The standard InChI is InChI=1S/C6H6O4S.Na.H2O/c7-5-3-1-2-4-6(5)11(8,9)10;;/h1-4,7H,(H,8,9,10);;1H2/q;+1;/p-1. The van der Waals surface area contributed by atoms with Crippen LogP contribution in [-0.2, 0) is 10.1 Å². The van der Waals surface area contributed by atoms with Gasteiger partial charge in [0.1, 0.15) is 15.9 Å². The fraction of sp³-hybridized carbons (Fsp3) is 0. The van der Waals surface area contributed by atoms with Gasteiger partial charge in [0.15, 0.2) is 0 Å². The maximum atomic E-state index is 10.3. The summed E-state index contributed by atoms with van der Waals surface area (Å²) in [7, 11) is -4.53. The van der Waals surface area contributed by atoms with Crippen molar-refractivity contribution >= 4 is 10.1 Å². The molecule has 0 aromatic heterocycles. The van der Waals surface area contributed by atoms with Crippen LogP contribution in [0.4, 0.5) is 0 Å². The van der Waals surface area contributed by atoms with Crippen molar-refractivity contribution in [2.45, 2.75) is 4.90 Å². The van der Waals surface area contributed by atoms with Gasteiger partial charge in [-0.1, -0.05) is 12.1 Å². The van der Waals surface area contributed by atoms with Gasteiger partial charge in [0.25, 0.3) is 0 Å². The molecule has 0 spiro atoms. The molecule has 0 unspecified atom stereocenters. The summed E-state index contributed by atoms with van der Waals surface area (Å²) in [6, 6.07) is 5.00. The van der Waals surface area contributed by atoms with Crippen molar-refractivity contribution in [3.8, 4) is 5.75 Å². The predicted octanol–water partition coefficient (Wildman–Crippen LogP) is -3.52. The molecule has 3 N–H and O–H groups in total. The number of phenols is 1. The minimum Gasteiger partial charge on any atom is -0.744 e. The Morgan fingerprint density at radius 3 is 2.00 bits per heavy atom. The first-order valence-electron chi connectivity index (χ1n) is 2.76. The second kappa shape index (κ2) is 5.58. The Labute approximate surface area is 97.7 Å². The summed E-state index contributed by atoms with van der Waals surface area (Å²) in [5.74, 6) is -0.512. The molecule has 7 heteroatoms. The Bertz CT molecular complexity index is 361. The molecule has 0 amide bonds. The van der Waals surface area contributed by atoms with Crippen LogP contribution >= 0.6 is 0 Å². The zero-order valence-corrected chi connectivity index (χ0v) is 9.71. The molecule has 13 heavy (non-hydrogen) atoms. The molecule has 0 aliphatic carbocycles. The van der Waals surface area contributed by atoms with Crippen LogP contribution < -0.4 is 29.6 Å². The molecule has 0 saturated carbocycles. The van der Waals surface area contributed by atoms with E-state index in [1.54, 1.807) is 0 Å². The smallest absolute Gasteiger partial charge is 0.744 e. The number of aromatic hydroxyl groups is 1. The van der Waals surface area contributed by atoms with Crippen molar-refractivity contribution in [2.24, 2.45) is 0 Å². The van der Waals surface area contributed by atoms with E-state index in [-0.39, 0.29) is 35.0 Å². The zero-order chi connectivity index (χ0) is 8.48. The van der Waals surface area contributed by atoms with Crippen molar-refractivity contribution in [1.82, 2.24) is 0 Å². The summed E-state index contributed by atoms with van der Waals surface area (Å²) < 4.78 is 31.0. The number of hydrogen-bond donors (Lipinski definition) is 1. The van der Waals surface area contributed by atoms with Crippen LogP contribution in [-0.4, -0.2) is 23.6 Å². The first-order valence-corrected chi connectivity index (χ1v) is 4.16. The van der Waals surface area contributed by atoms with Crippen molar-refractivity contribution in [1.29, 1.82) is 0 Å². The molecule has 0 fully saturated rings. The van der Waals surface area contributed by atoms with Gasteiger partial charge in [-0.25, -0.2) is 8.42 Å². The average Bonchev–Trinajstić information content (AvgIpc) is 1.86. The van der Waals surface area contributed by atoms with E-state index in [2.05, 4.69) is 0 Å². The van der Waals surface area contributed by atoms with E-state index in [0.717, 1.165) is 12.1 Å². The molecule has 0 aliphatic rings. The quantitative estimate of drug-likeness (QED) is 0.386. The molecule has 0 heterocycles. The van der Waals surface area contributed by atoms with E-state index in [1.807, 2.05) is 0 Å². The van der Waals surface area contributed by atoms with Crippen molar-refractivity contribution in [3.05, 3.63) is 24.3 Å². The summed E-state index contributed by atoms with van der Waals surface area (Å²) in [5, 5.41) is 8.87. The van der Waals surface area contributed by atoms with E-state index in [4.69, 9.17) is 5.11 Å². The summed E-state index contributed by atoms with van der Waals surface area (Å²) >= 11 is 0. The first-order chi connectivity index (χ1) is 5.02. The molecular weight excluding hydrogens is 207 g/mol. The van der Waals surface area contributed by atoms with E-state index in [1.165, 1.54) is 12.1 Å². The van der Waals surface area contributed by atoms with Gasteiger partial charge in [0, 0.05) is 0 Å². The minimum atomic E-state index is -4.53. The molecule has 5 nitrogen and oxygen atoms in total. The normalized spacial score (nSPS) is 9.62. The summed E-state index contributed by atoms with van der Waals surface area (Å²) in [5.41, 5.74) is 0. The van der Waals surface area contributed by atoms with Gasteiger partial charge in [-0.2, -0.15) is 0 Å². The van der Waals surface area contributed by atoms with Crippen molar-refractivity contribution < 1.29 is 53.1 Å². The SMILES string of the molecule is O.O=S(=O)([O-])c1ccccc1O.[Na+]. The number of hydrogen-bond acceptors (Lipinski definition) is 4. The maximum Gasteiger partial charge on any atom is 1.00 e. The second-order valence-electron chi connectivity index (χ2n) is 1.92. The van der Waals surface area contributed by atoms with Crippen LogP contribution in [0.5, 0.6) is 5.75 Å². The Morgan fingerprint density at radius 2 is 1.69 bits per heavy atom. The molecule has 0 radical (unpaired) electrons. The second-order valence-corrected chi connectivity index (χ2v) is 3.27. The third-order valence-electron chi connectivity index (χ3n) is 1.13. The molecule has 0 bridgehead atoms. The number of phenolic OH excluding ortho intramolecular Hbond substituents is 1. The summed E-state index contributed by atoms with van der Waals surface area (Å²) in [6.45, 7) is 0. The fourth-order valence-corrected chi connectivity index (χ4v) is 1.24. The van der Waals surface area contributed by atoms with E-state index in [0.29, 0.717) is 0 Å². The van der Waals surface area contributed by atoms with Gasteiger partial charge in [-0.15, -0.1) is 0 Å². The largest absolute Gasteiger partial charge is 1.00 e. The Morgan fingerprint density at radius 1 is 1.23 bits per heavy atom. The van der Waals surface area contributed by atoms with Crippen LogP contribution in [0.3, 0.4) is 0 Å². The molecule has 0 saturated heterocycles. The van der Waals surface area contributed by atoms with Gasteiger partial charge in [-0.3, -0.25) is 0 Å². The molecular formula is C6H7NaO5S. The number of rotatable bonds is 1. The van der Waals surface area contributed by atoms with Gasteiger partial charge in [0.2, 0.25) is 0 Å². The molecule has 1 rings (SSSR count). The van der Waals surface area contributed by atoms with Crippen LogP contribution in [0.15, 0.2) is 29.2 Å².